The number of para-hydroxylation sites is 1. The van der Waals surface area contributed by atoms with E-state index >= 15 is 0 Å². The van der Waals surface area contributed by atoms with Crippen LogP contribution in [0, 0.1) is 6.92 Å². The van der Waals surface area contributed by atoms with Gasteiger partial charge in [-0.25, -0.2) is 4.79 Å². The van der Waals surface area contributed by atoms with Crippen LogP contribution in [0.1, 0.15) is 15.9 Å². The molecule has 18 heavy (non-hydrogen) atoms. The van der Waals surface area contributed by atoms with Crippen molar-refractivity contribution in [1.29, 1.82) is 0 Å². The molecular weight excluding hydrogens is 232 g/mol. The van der Waals surface area contributed by atoms with E-state index < -0.39 is 5.97 Å². The summed E-state index contributed by atoms with van der Waals surface area (Å²) in [4.78, 5) is 10.8. The molecule has 0 fully saturated rings. The van der Waals surface area contributed by atoms with Crippen molar-refractivity contribution in [2.75, 3.05) is 0 Å². The van der Waals surface area contributed by atoms with Gasteiger partial charge in [0.1, 0.15) is 22.8 Å². The van der Waals surface area contributed by atoms with Gasteiger partial charge in [-0.2, -0.15) is 0 Å². The van der Waals surface area contributed by atoms with E-state index in [9.17, 15) is 9.90 Å². The van der Waals surface area contributed by atoms with E-state index in [1.807, 2.05) is 18.2 Å². The third-order valence-corrected chi connectivity index (χ3v) is 2.58. The number of ether oxygens (including phenoxy) is 1. The second-order valence-corrected chi connectivity index (χ2v) is 3.81. The molecule has 0 spiro atoms. The molecule has 0 saturated heterocycles. The molecule has 0 aromatic heterocycles. The molecule has 4 heteroatoms. The number of carbonyl (C=O) groups is 1. The van der Waals surface area contributed by atoms with Crippen LogP contribution in [0.2, 0.25) is 0 Å². The number of hydrogen-bond acceptors (Lipinski definition) is 3. The summed E-state index contributed by atoms with van der Waals surface area (Å²) in [6.45, 7) is 1.61. The second-order valence-electron chi connectivity index (χ2n) is 3.81. The largest absolute Gasteiger partial charge is 0.507 e. The SMILES string of the molecule is Cc1c(Oc2ccccc2)ccc(C(=O)O)c1O. The zero-order valence-corrected chi connectivity index (χ0v) is 9.75. The van der Waals surface area contributed by atoms with E-state index in [1.165, 1.54) is 12.1 Å². The van der Waals surface area contributed by atoms with Crippen molar-refractivity contribution < 1.29 is 19.7 Å². The minimum atomic E-state index is -1.16. The normalized spacial score (nSPS) is 10.1. The Balaban J connectivity index is 2.36. The Hall–Kier alpha value is -2.49. The van der Waals surface area contributed by atoms with Gasteiger partial charge < -0.3 is 14.9 Å². The molecule has 2 N–H and O–H groups in total. The minimum absolute atomic E-state index is 0.132. The van der Waals surface area contributed by atoms with E-state index in [-0.39, 0.29) is 11.3 Å². The maximum Gasteiger partial charge on any atom is 0.339 e. The highest BCUT2D eigenvalue weighted by atomic mass is 16.5. The molecule has 2 aromatic carbocycles. The van der Waals surface area contributed by atoms with Gasteiger partial charge in [-0.1, -0.05) is 18.2 Å². The van der Waals surface area contributed by atoms with Crippen molar-refractivity contribution in [3.8, 4) is 17.2 Å². The van der Waals surface area contributed by atoms with Crippen LogP contribution < -0.4 is 4.74 Å². The van der Waals surface area contributed by atoms with Crippen LogP contribution in [-0.4, -0.2) is 16.2 Å². The fourth-order valence-corrected chi connectivity index (χ4v) is 1.58. The number of rotatable bonds is 3. The van der Waals surface area contributed by atoms with E-state index in [4.69, 9.17) is 9.84 Å². The summed E-state index contributed by atoms with van der Waals surface area (Å²) in [6.07, 6.45) is 0. The molecular formula is C14H12O4. The van der Waals surface area contributed by atoms with E-state index in [2.05, 4.69) is 0 Å². The zero-order chi connectivity index (χ0) is 13.1. The van der Waals surface area contributed by atoms with Gasteiger partial charge in [-0.05, 0) is 31.2 Å². The van der Waals surface area contributed by atoms with E-state index in [0.717, 1.165) is 0 Å². The predicted molar refractivity (Wildman–Crippen MR) is 66.3 cm³/mol. The summed E-state index contributed by atoms with van der Waals surface area (Å²) in [5.74, 6) is -0.371. The lowest BCUT2D eigenvalue weighted by Gasteiger charge is -2.11. The Labute approximate surface area is 104 Å². The molecule has 0 radical (unpaired) electrons. The highest BCUT2D eigenvalue weighted by Crippen LogP contribution is 2.33. The van der Waals surface area contributed by atoms with Crippen LogP contribution in [0.5, 0.6) is 17.2 Å². The Kier molecular flexibility index (Phi) is 3.19. The lowest BCUT2D eigenvalue weighted by atomic mass is 10.1. The molecule has 92 valence electrons. The maximum atomic E-state index is 10.8. The first kappa shape index (κ1) is 12.0. The standard InChI is InChI=1S/C14H12O4/c1-9-12(18-10-5-3-2-4-6-10)8-7-11(13(9)15)14(16)17/h2-8,15H,1H3,(H,16,17). The van der Waals surface area contributed by atoms with Crippen molar-refractivity contribution in [2.45, 2.75) is 6.92 Å². The third-order valence-electron chi connectivity index (χ3n) is 2.58. The summed E-state index contributed by atoms with van der Waals surface area (Å²) in [5, 5.41) is 18.6. The van der Waals surface area contributed by atoms with Crippen molar-refractivity contribution >= 4 is 5.97 Å². The number of phenols is 1. The number of aromatic carboxylic acids is 1. The van der Waals surface area contributed by atoms with Gasteiger partial charge >= 0.3 is 5.97 Å². The molecule has 4 nitrogen and oxygen atoms in total. The molecule has 0 aliphatic carbocycles. The van der Waals surface area contributed by atoms with Crippen molar-refractivity contribution in [3.63, 3.8) is 0 Å². The van der Waals surface area contributed by atoms with Crippen molar-refractivity contribution in [2.24, 2.45) is 0 Å². The van der Waals surface area contributed by atoms with Gasteiger partial charge in [-0.3, -0.25) is 0 Å². The minimum Gasteiger partial charge on any atom is -0.507 e. The first-order valence-electron chi connectivity index (χ1n) is 5.38. The Bertz CT molecular complexity index is 576. The predicted octanol–water partition coefficient (Wildman–Crippen LogP) is 3.19. The summed E-state index contributed by atoms with van der Waals surface area (Å²) >= 11 is 0. The lowest BCUT2D eigenvalue weighted by Crippen LogP contribution is -1.99. The summed E-state index contributed by atoms with van der Waals surface area (Å²) < 4.78 is 5.57. The smallest absolute Gasteiger partial charge is 0.339 e. The van der Waals surface area contributed by atoms with Crippen LogP contribution in [-0.2, 0) is 0 Å². The number of hydrogen-bond donors (Lipinski definition) is 2. The molecule has 2 rings (SSSR count). The molecule has 0 atom stereocenters. The molecule has 0 amide bonds. The third kappa shape index (κ3) is 2.27. The number of carboxylic acids is 1. The molecule has 2 aromatic rings. The summed E-state index contributed by atoms with van der Waals surface area (Å²) in [7, 11) is 0. The van der Waals surface area contributed by atoms with Gasteiger partial charge in [0.05, 0.1) is 0 Å². The highest BCUT2D eigenvalue weighted by Gasteiger charge is 2.15. The van der Waals surface area contributed by atoms with Gasteiger partial charge in [0, 0.05) is 5.56 Å². The Morgan fingerprint density at radius 3 is 2.39 bits per heavy atom. The fraction of sp³-hybridized carbons (Fsp3) is 0.0714. The second kappa shape index (κ2) is 4.79. The number of benzene rings is 2. The van der Waals surface area contributed by atoms with Crippen molar-refractivity contribution in [1.82, 2.24) is 0 Å². The van der Waals surface area contributed by atoms with Crippen LogP contribution >= 0.6 is 0 Å². The molecule has 0 heterocycles. The lowest BCUT2D eigenvalue weighted by molar-refractivity contribution is 0.0693. The number of aromatic hydroxyl groups is 1. The molecule has 0 aliphatic heterocycles. The monoisotopic (exact) mass is 244 g/mol. The molecule has 0 aliphatic rings. The maximum absolute atomic E-state index is 10.8. The van der Waals surface area contributed by atoms with Gasteiger partial charge in [-0.15, -0.1) is 0 Å². The molecule has 0 unspecified atom stereocenters. The summed E-state index contributed by atoms with van der Waals surface area (Å²) in [6, 6.07) is 11.9. The van der Waals surface area contributed by atoms with Gasteiger partial charge in [0.25, 0.3) is 0 Å². The summed E-state index contributed by atoms with van der Waals surface area (Å²) in [5.41, 5.74) is 0.270. The first-order chi connectivity index (χ1) is 8.59. The number of carboxylic acid groups (broad SMARTS) is 1. The average molecular weight is 244 g/mol. The average Bonchev–Trinajstić information content (AvgIpc) is 2.36. The van der Waals surface area contributed by atoms with Crippen LogP contribution in [0.15, 0.2) is 42.5 Å². The van der Waals surface area contributed by atoms with Crippen LogP contribution in [0.25, 0.3) is 0 Å². The highest BCUT2D eigenvalue weighted by molar-refractivity contribution is 5.91. The Morgan fingerprint density at radius 2 is 1.78 bits per heavy atom. The van der Waals surface area contributed by atoms with Crippen LogP contribution in [0.3, 0.4) is 0 Å². The molecule has 0 saturated carbocycles. The van der Waals surface area contributed by atoms with Gasteiger partial charge in [0.2, 0.25) is 0 Å². The topological polar surface area (TPSA) is 66.8 Å². The van der Waals surface area contributed by atoms with E-state index in [0.29, 0.717) is 17.1 Å². The van der Waals surface area contributed by atoms with Gasteiger partial charge in [0.15, 0.2) is 0 Å². The fourth-order valence-electron chi connectivity index (χ4n) is 1.58. The first-order valence-corrected chi connectivity index (χ1v) is 5.38. The zero-order valence-electron chi connectivity index (χ0n) is 9.75. The van der Waals surface area contributed by atoms with Crippen LogP contribution in [0.4, 0.5) is 0 Å². The quantitative estimate of drug-likeness (QED) is 0.870. The Morgan fingerprint density at radius 1 is 1.11 bits per heavy atom. The van der Waals surface area contributed by atoms with Crippen molar-refractivity contribution in [3.05, 3.63) is 53.6 Å². The molecule has 0 bridgehead atoms. The van der Waals surface area contributed by atoms with E-state index in [1.54, 1.807) is 19.1 Å².